The van der Waals surface area contributed by atoms with E-state index in [9.17, 15) is 4.79 Å². The molecule has 132 valence electrons. The average molecular weight is 338 g/mol. The normalized spacial score (nSPS) is 17.6. The van der Waals surface area contributed by atoms with Gasteiger partial charge in [-0.1, -0.05) is 30.3 Å². The molecule has 1 aliphatic heterocycles. The molecular formula is C20H26N4O. The fourth-order valence-electron chi connectivity index (χ4n) is 3.34. The Balaban J connectivity index is 1.71. The molecule has 0 bridgehead atoms. The van der Waals surface area contributed by atoms with Crippen LogP contribution >= 0.6 is 0 Å². The van der Waals surface area contributed by atoms with Crippen LogP contribution in [0.4, 0.5) is 5.95 Å². The molecule has 0 aliphatic carbocycles. The largest absolute Gasteiger partial charge is 0.340 e. The van der Waals surface area contributed by atoms with Gasteiger partial charge in [0.15, 0.2) is 0 Å². The van der Waals surface area contributed by atoms with Gasteiger partial charge in [0, 0.05) is 38.1 Å². The molecule has 1 unspecified atom stereocenters. The zero-order valence-corrected chi connectivity index (χ0v) is 15.0. The Morgan fingerprint density at radius 1 is 1.20 bits per heavy atom. The maximum Gasteiger partial charge on any atom is 0.228 e. The van der Waals surface area contributed by atoms with E-state index >= 15 is 0 Å². The van der Waals surface area contributed by atoms with Crippen molar-refractivity contribution in [3.63, 3.8) is 0 Å². The highest BCUT2D eigenvalue weighted by Gasteiger charge is 2.31. The van der Waals surface area contributed by atoms with Gasteiger partial charge >= 0.3 is 0 Å². The first-order valence-corrected chi connectivity index (χ1v) is 9.01. The summed E-state index contributed by atoms with van der Waals surface area (Å²) in [5.74, 6) is 0.960. The van der Waals surface area contributed by atoms with Crippen LogP contribution in [0.25, 0.3) is 0 Å². The summed E-state index contributed by atoms with van der Waals surface area (Å²) in [4.78, 5) is 26.0. The molecule has 2 aromatic rings. The van der Waals surface area contributed by atoms with E-state index in [1.165, 1.54) is 5.56 Å². The molecule has 2 heterocycles. The van der Waals surface area contributed by atoms with Gasteiger partial charge in [-0.3, -0.25) is 4.79 Å². The number of carbonyl (C=O) groups is 1. The van der Waals surface area contributed by atoms with E-state index in [0.29, 0.717) is 13.1 Å². The number of carbonyl (C=O) groups excluding carboxylic acids is 1. The standard InChI is InChI=1S/C20H26N4O/c1-16(2)24(14-17-8-4-3-5-9-17)19(25)18-10-6-13-23(15-18)20-21-11-7-12-22-20/h3-5,7-9,11-12,16,18H,6,10,13-15H2,1-2H3. The van der Waals surface area contributed by atoms with E-state index in [4.69, 9.17) is 0 Å². The average Bonchev–Trinajstić information content (AvgIpc) is 2.67. The molecule has 0 spiro atoms. The van der Waals surface area contributed by atoms with E-state index < -0.39 is 0 Å². The summed E-state index contributed by atoms with van der Waals surface area (Å²) in [5.41, 5.74) is 1.17. The van der Waals surface area contributed by atoms with Crippen LogP contribution in [0.1, 0.15) is 32.3 Å². The number of hydrogen-bond donors (Lipinski definition) is 0. The molecule has 0 radical (unpaired) electrons. The Kier molecular flexibility index (Phi) is 5.64. The third kappa shape index (κ3) is 4.35. The Bertz CT molecular complexity index is 675. The lowest BCUT2D eigenvalue weighted by molar-refractivity contribution is -0.138. The summed E-state index contributed by atoms with van der Waals surface area (Å²) in [6, 6.07) is 12.2. The van der Waals surface area contributed by atoms with Crippen molar-refractivity contribution in [3.8, 4) is 0 Å². The van der Waals surface area contributed by atoms with Crippen molar-refractivity contribution in [2.24, 2.45) is 5.92 Å². The quantitative estimate of drug-likeness (QED) is 0.840. The van der Waals surface area contributed by atoms with Gasteiger partial charge in [0.05, 0.1) is 5.92 Å². The van der Waals surface area contributed by atoms with Crippen LogP contribution in [0.15, 0.2) is 48.8 Å². The van der Waals surface area contributed by atoms with Gasteiger partial charge in [-0.15, -0.1) is 0 Å². The van der Waals surface area contributed by atoms with Crippen molar-refractivity contribution in [2.45, 2.75) is 39.3 Å². The van der Waals surface area contributed by atoms with Crippen molar-refractivity contribution >= 4 is 11.9 Å². The topological polar surface area (TPSA) is 49.3 Å². The molecule has 0 N–H and O–H groups in total. The third-order valence-electron chi connectivity index (χ3n) is 4.71. The summed E-state index contributed by atoms with van der Waals surface area (Å²) < 4.78 is 0. The van der Waals surface area contributed by atoms with E-state index in [1.807, 2.05) is 29.2 Å². The molecule has 1 atom stereocenters. The monoisotopic (exact) mass is 338 g/mol. The second-order valence-corrected chi connectivity index (χ2v) is 6.88. The number of benzene rings is 1. The minimum absolute atomic E-state index is 0.00340. The molecule has 1 aromatic heterocycles. The minimum atomic E-state index is 0.00340. The Hall–Kier alpha value is -2.43. The van der Waals surface area contributed by atoms with Crippen LogP contribution < -0.4 is 4.90 Å². The van der Waals surface area contributed by atoms with Crippen molar-refractivity contribution in [3.05, 3.63) is 54.4 Å². The molecule has 1 aromatic carbocycles. The number of nitrogens with zero attached hydrogens (tertiary/aromatic N) is 4. The number of piperidine rings is 1. The molecule has 0 saturated carbocycles. The summed E-state index contributed by atoms with van der Waals surface area (Å²) in [6.07, 6.45) is 5.43. The zero-order valence-electron chi connectivity index (χ0n) is 15.0. The van der Waals surface area contributed by atoms with E-state index in [1.54, 1.807) is 12.4 Å². The highest BCUT2D eigenvalue weighted by atomic mass is 16.2. The smallest absolute Gasteiger partial charge is 0.228 e. The highest BCUT2D eigenvalue weighted by molar-refractivity contribution is 5.80. The van der Waals surface area contributed by atoms with Crippen molar-refractivity contribution in [1.82, 2.24) is 14.9 Å². The van der Waals surface area contributed by atoms with Gasteiger partial charge in [-0.05, 0) is 38.3 Å². The Morgan fingerprint density at radius 3 is 2.60 bits per heavy atom. The van der Waals surface area contributed by atoms with E-state index in [-0.39, 0.29) is 17.9 Å². The van der Waals surface area contributed by atoms with Gasteiger partial charge in [0.25, 0.3) is 0 Å². The van der Waals surface area contributed by atoms with Crippen LogP contribution in [0.5, 0.6) is 0 Å². The Morgan fingerprint density at radius 2 is 1.92 bits per heavy atom. The lowest BCUT2D eigenvalue weighted by atomic mass is 9.96. The Labute approximate surface area is 149 Å². The van der Waals surface area contributed by atoms with Crippen molar-refractivity contribution < 1.29 is 4.79 Å². The van der Waals surface area contributed by atoms with Crippen LogP contribution in [0, 0.1) is 5.92 Å². The van der Waals surface area contributed by atoms with E-state index in [2.05, 4.69) is 40.8 Å². The van der Waals surface area contributed by atoms with Gasteiger partial charge in [-0.25, -0.2) is 9.97 Å². The first-order valence-electron chi connectivity index (χ1n) is 9.01. The molecule has 1 fully saturated rings. The predicted molar refractivity (Wildman–Crippen MR) is 99.1 cm³/mol. The zero-order chi connectivity index (χ0) is 17.6. The van der Waals surface area contributed by atoms with Gasteiger partial charge in [-0.2, -0.15) is 0 Å². The molecule has 5 heteroatoms. The maximum atomic E-state index is 13.2. The number of aromatic nitrogens is 2. The summed E-state index contributed by atoms with van der Waals surface area (Å²) in [6.45, 7) is 6.44. The molecule has 5 nitrogen and oxygen atoms in total. The molecule has 3 rings (SSSR count). The third-order valence-corrected chi connectivity index (χ3v) is 4.71. The van der Waals surface area contributed by atoms with Crippen LogP contribution in [-0.4, -0.2) is 39.9 Å². The second-order valence-electron chi connectivity index (χ2n) is 6.88. The minimum Gasteiger partial charge on any atom is -0.340 e. The number of hydrogen-bond acceptors (Lipinski definition) is 4. The van der Waals surface area contributed by atoms with Crippen molar-refractivity contribution in [2.75, 3.05) is 18.0 Å². The summed E-state index contributed by atoms with van der Waals surface area (Å²) in [5, 5.41) is 0. The first-order chi connectivity index (χ1) is 12.1. The van der Waals surface area contributed by atoms with Crippen LogP contribution in [0.2, 0.25) is 0 Å². The van der Waals surface area contributed by atoms with Crippen LogP contribution in [0.3, 0.4) is 0 Å². The van der Waals surface area contributed by atoms with Gasteiger partial charge in [0.1, 0.15) is 0 Å². The van der Waals surface area contributed by atoms with Gasteiger partial charge in [0.2, 0.25) is 11.9 Å². The molecular weight excluding hydrogens is 312 g/mol. The maximum absolute atomic E-state index is 13.2. The fourth-order valence-corrected chi connectivity index (χ4v) is 3.34. The SMILES string of the molecule is CC(C)N(Cc1ccccc1)C(=O)C1CCCN(c2ncccn2)C1. The fraction of sp³-hybridized carbons (Fsp3) is 0.450. The van der Waals surface area contributed by atoms with Crippen molar-refractivity contribution in [1.29, 1.82) is 0 Å². The first kappa shape index (κ1) is 17.4. The number of anilines is 1. The molecule has 1 amide bonds. The second kappa shape index (κ2) is 8.10. The molecule has 1 saturated heterocycles. The lowest BCUT2D eigenvalue weighted by Crippen LogP contribution is -2.47. The molecule has 1 aliphatic rings. The van der Waals surface area contributed by atoms with Gasteiger partial charge < -0.3 is 9.80 Å². The highest BCUT2D eigenvalue weighted by Crippen LogP contribution is 2.23. The summed E-state index contributed by atoms with van der Waals surface area (Å²) >= 11 is 0. The predicted octanol–water partition coefficient (Wildman–Crippen LogP) is 3.13. The number of rotatable bonds is 5. The van der Waals surface area contributed by atoms with Crippen LogP contribution in [-0.2, 0) is 11.3 Å². The summed E-state index contributed by atoms with van der Waals surface area (Å²) in [7, 11) is 0. The number of amides is 1. The molecule has 25 heavy (non-hydrogen) atoms. The van der Waals surface area contributed by atoms with E-state index in [0.717, 1.165) is 25.3 Å². The lowest BCUT2D eigenvalue weighted by Gasteiger charge is -2.36.